The van der Waals surface area contributed by atoms with E-state index in [2.05, 4.69) is 16.9 Å². The predicted octanol–water partition coefficient (Wildman–Crippen LogP) is 1.45. The molecule has 0 fully saturated rings. The first-order valence-corrected chi connectivity index (χ1v) is 4.23. The van der Waals surface area contributed by atoms with E-state index in [-0.39, 0.29) is 5.54 Å². The van der Waals surface area contributed by atoms with E-state index in [1.165, 1.54) is 0 Å². The monoisotopic (exact) mass is 165 g/mol. The highest BCUT2D eigenvalue weighted by Gasteiger charge is 2.22. The first-order chi connectivity index (χ1) is 5.67. The van der Waals surface area contributed by atoms with Gasteiger partial charge < -0.3 is 5.73 Å². The van der Waals surface area contributed by atoms with Crippen LogP contribution >= 0.6 is 0 Å². The second-order valence-corrected chi connectivity index (χ2v) is 3.24. The van der Waals surface area contributed by atoms with E-state index in [0.29, 0.717) is 0 Å². The Hall–Kier alpha value is -0.960. The minimum absolute atomic E-state index is 0.379. The number of hydrogen-bond acceptors (Lipinski definition) is 3. The van der Waals surface area contributed by atoms with Crippen molar-refractivity contribution >= 4 is 0 Å². The van der Waals surface area contributed by atoms with Crippen molar-refractivity contribution in [3.05, 3.63) is 24.3 Å². The molecule has 3 heteroatoms. The molecule has 0 radical (unpaired) electrons. The molecular weight excluding hydrogens is 150 g/mol. The summed E-state index contributed by atoms with van der Waals surface area (Å²) in [5.41, 5.74) is 5.64. The Morgan fingerprint density at radius 1 is 1.42 bits per heavy atom. The molecular formula is C9H15N3. The lowest BCUT2D eigenvalue weighted by molar-refractivity contribution is 0.419. The van der Waals surface area contributed by atoms with E-state index in [9.17, 15) is 0 Å². The minimum atomic E-state index is -0.379. The minimum Gasteiger partial charge on any atom is -0.319 e. The fraction of sp³-hybridized carbons (Fsp3) is 0.556. The van der Waals surface area contributed by atoms with Crippen molar-refractivity contribution in [1.82, 2.24) is 9.97 Å². The van der Waals surface area contributed by atoms with Crippen LogP contribution in [0, 0.1) is 0 Å². The van der Waals surface area contributed by atoms with E-state index >= 15 is 0 Å². The van der Waals surface area contributed by atoms with Crippen LogP contribution in [0.1, 0.15) is 32.5 Å². The van der Waals surface area contributed by atoms with Crippen LogP contribution in [0.5, 0.6) is 0 Å². The smallest absolute Gasteiger partial charge is 0.147 e. The molecule has 0 saturated carbocycles. The number of rotatable bonds is 3. The van der Waals surface area contributed by atoms with Crippen LogP contribution in [0.4, 0.5) is 0 Å². The largest absolute Gasteiger partial charge is 0.319 e. The maximum Gasteiger partial charge on any atom is 0.147 e. The molecule has 0 aliphatic rings. The Labute approximate surface area is 73.0 Å². The Bertz CT molecular complexity index is 231. The van der Waals surface area contributed by atoms with Crippen molar-refractivity contribution in [1.29, 1.82) is 0 Å². The van der Waals surface area contributed by atoms with E-state index in [1.807, 2.05) is 6.92 Å². The van der Waals surface area contributed by atoms with Gasteiger partial charge in [-0.2, -0.15) is 0 Å². The summed E-state index contributed by atoms with van der Waals surface area (Å²) in [6.07, 6.45) is 5.41. The maximum atomic E-state index is 6.02. The quantitative estimate of drug-likeness (QED) is 0.737. The molecule has 66 valence electrons. The van der Waals surface area contributed by atoms with Gasteiger partial charge in [0.1, 0.15) is 5.82 Å². The number of nitrogens with zero attached hydrogens (tertiary/aromatic N) is 2. The fourth-order valence-electron chi connectivity index (χ4n) is 1.23. The van der Waals surface area contributed by atoms with Gasteiger partial charge >= 0.3 is 0 Å². The van der Waals surface area contributed by atoms with Crippen molar-refractivity contribution < 1.29 is 0 Å². The lowest BCUT2D eigenvalue weighted by atomic mass is 9.97. The average Bonchev–Trinajstić information content (AvgIpc) is 2.06. The molecule has 1 atom stereocenters. The molecule has 1 rings (SSSR count). The SMILES string of the molecule is CCCC(C)(N)c1ncccn1. The fourth-order valence-corrected chi connectivity index (χ4v) is 1.23. The Morgan fingerprint density at radius 3 is 2.50 bits per heavy atom. The molecule has 0 aromatic carbocycles. The van der Waals surface area contributed by atoms with Gasteiger partial charge in [-0.15, -0.1) is 0 Å². The van der Waals surface area contributed by atoms with Crippen molar-refractivity contribution in [2.24, 2.45) is 5.73 Å². The average molecular weight is 165 g/mol. The van der Waals surface area contributed by atoms with Gasteiger partial charge in [-0.25, -0.2) is 9.97 Å². The molecule has 12 heavy (non-hydrogen) atoms. The third-order valence-electron chi connectivity index (χ3n) is 1.85. The molecule has 1 heterocycles. The van der Waals surface area contributed by atoms with Crippen LogP contribution in [-0.4, -0.2) is 9.97 Å². The van der Waals surface area contributed by atoms with Crippen LogP contribution in [0.3, 0.4) is 0 Å². The first-order valence-electron chi connectivity index (χ1n) is 4.23. The van der Waals surface area contributed by atoms with Crippen molar-refractivity contribution in [3.63, 3.8) is 0 Å². The third kappa shape index (κ3) is 2.01. The molecule has 0 aliphatic heterocycles. The highest BCUT2D eigenvalue weighted by atomic mass is 14.9. The second-order valence-electron chi connectivity index (χ2n) is 3.24. The van der Waals surface area contributed by atoms with Crippen molar-refractivity contribution in [2.75, 3.05) is 0 Å². The van der Waals surface area contributed by atoms with E-state index in [4.69, 9.17) is 5.73 Å². The zero-order valence-corrected chi connectivity index (χ0v) is 7.62. The van der Waals surface area contributed by atoms with Crippen LogP contribution in [-0.2, 0) is 5.54 Å². The molecule has 0 spiro atoms. The van der Waals surface area contributed by atoms with Crippen molar-refractivity contribution in [2.45, 2.75) is 32.2 Å². The van der Waals surface area contributed by atoms with Crippen LogP contribution in [0.2, 0.25) is 0 Å². The summed E-state index contributed by atoms with van der Waals surface area (Å²) in [6.45, 7) is 4.07. The van der Waals surface area contributed by atoms with Gasteiger partial charge in [-0.05, 0) is 19.4 Å². The molecule has 0 amide bonds. The number of aromatic nitrogens is 2. The third-order valence-corrected chi connectivity index (χ3v) is 1.85. The van der Waals surface area contributed by atoms with Gasteiger partial charge in [-0.1, -0.05) is 13.3 Å². The summed E-state index contributed by atoms with van der Waals surface area (Å²) >= 11 is 0. The lowest BCUT2D eigenvalue weighted by Crippen LogP contribution is -2.34. The lowest BCUT2D eigenvalue weighted by Gasteiger charge is -2.21. The molecule has 1 unspecified atom stereocenters. The summed E-state index contributed by atoms with van der Waals surface area (Å²) in [5, 5.41) is 0. The Kier molecular flexibility index (Phi) is 2.76. The van der Waals surface area contributed by atoms with Gasteiger partial charge in [0.05, 0.1) is 5.54 Å². The molecule has 3 nitrogen and oxygen atoms in total. The van der Waals surface area contributed by atoms with Gasteiger partial charge in [0, 0.05) is 12.4 Å². The van der Waals surface area contributed by atoms with Crippen LogP contribution < -0.4 is 5.73 Å². The van der Waals surface area contributed by atoms with Crippen LogP contribution in [0.15, 0.2) is 18.5 Å². The summed E-state index contributed by atoms with van der Waals surface area (Å²) in [4.78, 5) is 8.27. The second kappa shape index (κ2) is 3.63. The van der Waals surface area contributed by atoms with Gasteiger partial charge in [0.25, 0.3) is 0 Å². The van der Waals surface area contributed by atoms with E-state index < -0.39 is 0 Å². The van der Waals surface area contributed by atoms with E-state index in [0.717, 1.165) is 18.7 Å². The summed E-state index contributed by atoms with van der Waals surface area (Å²) in [7, 11) is 0. The maximum absolute atomic E-state index is 6.02. The molecule has 1 aromatic rings. The normalized spacial score (nSPS) is 15.6. The highest BCUT2D eigenvalue weighted by molar-refractivity contribution is 5.02. The number of hydrogen-bond donors (Lipinski definition) is 1. The Morgan fingerprint density at radius 2 is 2.00 bits per heavy atom. The first kappa shape index (κ1) is 9.13. The zero-order valence-electron chi connectivity index (χ0n) is 7.62. The summed E-state index contributed by atoms with van der Waals surface area (Å²) in [6, 6.07) is 1.80. The van der Waals surface area contributed by atoms with Crippen LogP contribution in [0.25, 0.3) is 0 Å². The molecule has 0 bridgehead atoms. The van der Waals surface area contributed by atoms with Gasteiger partial charge in [-0.3, -0.25) is 0 Å². The molecule has 2 N–H and O–H groups in total. The molecule has 1 aromatic heterocycles. The van der Waals surface area contributed by atoms with Gasteiger partial charge in [0.2, 0.25) is 0 Å². The van der Waals surface area contributed by atoms with Gasteiger partial charge in [0.15, 0.2) is 0 Å². The highest BCUT2D eigenvalue weighted by Crippen LogP contribution is 2.18. The van der Waals surface area contributed by atoms with Crippen molar-refractivity contribution in [3.8, 4) is 0 Å². The molecule has 0 aliphatic carbocycles. The Balaban J connectivity index is 2.82. The number of nitrogens with two attached hydrogens (primary N) is 1. The standard InChI is InChI=1S/C9H15N3/c1-3-5-9(2,10)8-11-6-4-7-12-8/h4,6-7H,3,5,10H2,1-2H3. The summed E-state index contributed by atoms with van der Waals surface area (Å²) in [5.74, 6) is 0.729. The zero-order chi connectivity index (χ0) is 9.03. The topological polar surface area (TPSA) is 51.8 Å². The summed E-state index contributed by atoms with van der Waals surface area (Å²) < 4.78 is 0. The van der Waals surface area contributed by atoms with E-state index in [1.54, 1.807) is 18.5 Å². The molecule has 0 saturated heterocycles. The predicted molar refractivity (Wildman–Crippen MR) is 48.5 cm³/mol.